The van der Waals surface area contributed by atoms with Crippen molar-refractivity contribution >= 4 is 17.9 Å². The lowest BCUT2D eigenvalue weighted by atomic mass is 9.97. The van der Waals surface area contributed by atoms with Crippen molar-refractivity contribution in [1.82, 2.24) is 15.6 Å². The van der Waals surface area contributed by atoms with Crippen LogP contribution < -0.4 is 26.9 Å². The molecule has 30 heavy (non-hydrogen) atoms. The van der Waals surface area contributed by atoms with Crippen molar-refractivity contribution in [3.05, 3.63) is 52.8 Å². The molecule has 4 rings (SSSR count). The second-order valence-electron chi connectivity index (χ2n) is 8.11. The maximum atomic E-state index is 11.9. The number of unbranched alkanes of at least 4 members (excludes halogenated alkanes) is 2. The zero-order chi connectivity index (χ0) is 20.9. The predicted molar refractivity (Wildman–Crippen MR) is 115 cm³/mol. The third kappa shape index (κ3) is 4.84. The molecular formula is C23H30N4O3. The highest BCUT2D eigenvalue weighted by molar-refractivity contribution is 5.83. The minimum atomic E-state index is -0.506. The number of allylic oxidation sites excluding steroid dienone is 1. The standard InChI is InChI=1S/C23H30N4O3/c1-15-7-8-16-13-17(9-10-19(16)27-15)21-14-26-22(30-21)18(24)5-3-2-4-6-20(28)23-25-11-12-29-23/h7-8,10-14,17-18,22-23,25-26H,2-6,9,24H2,1H3. The lowest BCUT2D eigenvalue weighted by Crippen LogP contribution is -2.42. The Hall–Kier alpha value is -2.80. The Bertz CT molecular complexity index is 948. The number of ether oxygens (including phenoxy) is 2. The van der Waals surface area contributed by atoms with E-state index < -0.39 is 6.23 Å². The van der Waals surface area contributed by atoms with Gasteiger partial charge in [0, 0.05) is 30.4 Å². The molecule has 7 nitrogen and oxygen atoms in total. The van der Waals surface area contributed by atoms with E-state index in [0.29, 0.717) is 6.42 Å². The van der Waals surface area contributed by atoms with Gasteiger partial charge in [-0.1, -0.05) is 31.1 Å². The minimum Gasteiger partial charge on any atom is -0.471 e. The molecule has 4 unspecified atom stereocenters. The molecule has 0 radical (unpaired) electrons. The van der Waals surface area contributed by atoms with Gasteiger partial charge >= 0.3 is 0 Å². The Morgan fingerprint density at radius 2 is 2.20 bits per heavy atom. The SMILES string of the molecule is Cc1ccc2c(n1)=CCC(C1=CNC(C(N)CCCCCC(=O)C3NC=CO3)O1)C=2. The molecule has 1 aromatic rings. The highest BCUT2D eigenvalue weighted by atomic mass is 16.5. The number of aryl methyl sites for hydroxylation is 1. The predicted octanol–water partition coefficient (Wildman–Crippen LogP) is 1.02. The molecule has 2 aliphatic heterocycles. The van der Waals surface area contributed by atoms with Gasteiger partial charge in [0.1, 0.15) is 12.0 Å². The number of rotatable bonds is 9. The first-order chi connectivity index (χ1) is 14.6. The van der Waals surface area contributed by atoms with E-state index in [-0.39, 0.29) is 24.0 Å². The van der Waals surface area contributed by atoms with Crippen LogP contribution in [-0.4, -0.2) is 29.3 Å². The van der Waals surface area contributed by atoms with E-state index in [1.54, 1.807) is 6.20 Å². The van der Waals surface area contributed by atoms with Gasteiger partial charge in [0.15, 0.2) is 12.0 Å². The number of pyridine rings is 1. The van der Waals surface area contributed by atoms with E-state index in [0.717, 1.165) is 54.1 Å². The van der Waals surface area contributed by atoms with Gasteiger partial charge in [-0.3, -0.25) is 9.78 Å². The van der Waals surface area contributed by atoms with E-state index >= 15 is 0 Å². The first-order valence-corrected chi connectivity index (χ1v) is 10.7. The first-order valence-electron chi connectivity index (χ1n) is 10.7. The van der Waals surface area contributed by atoms with Crippen molar-refractivity contribution in [2.75, 3.05) is 0 Å². The fourth-order valence-electron chi connectivity index (χ4n) is 3.99. The summed E-state index contributed by atoms with van der Waals surface area (Å²) in [6, 6.07) is 4.05. The summed E-state index contributed by atoms with van der Waals surface area (Å²) in [6.07, 6.45) is 13.8. The van der Waals surface area contributed by atoms with Crippen molar-refractivity contribution in [2.24, 2.45) is 11.7 Å². The number of ketones is 1. The van der Waals surface area contributed by atoms with Gasteiger partial charge in [-0.05, 0) is 37.5 Å². The molecule has 3 heterocycles. The van der Waals surface area contributed by atoms with Crippen molar-refractivity contribution in [3.8, 4) is 0 Å². The Morgan fingerprint density at radius 1 is 1.30 bits per heavy atom. The molecule has 7 heteroatoms. The van der Waals surface area contributed by atoms with Gasteiger partial charge in [0.2, 0.25) is 6.23 Å². The van der Waals surface area contributed by atoms with E-state index in [1.807, 2.05) is 19.2 Å². The summed E-state index contributed by atoms with van der Waals surface area (Å²) >= 11 is 0. The Balaban J connectivity index is 1.18. The number of Topliss-reactive ketones (excluding diaryl/α,β-unsaturated/α-hetero) is 1. The number of nitrogens with one attached hydrogen (secondary N) is 2. The van der Waals surface area contributed by atoms with Gasteiger partial charge in [-0.2, -0.15) is 0 Å². The zero-order valence-electron chi connectivity index (χ0n) is 17.3. The number of nitrogens with zero attached hydrogens (tertiary/aromatic N) is 1. The number of carbonyl (C=O) groups is 1. The Morgan fingerprint density at radius 3 is 3.03 bits per heavy atom. The lowest BCUT2D eigenvalue weighted by molar-refractivity contribution is -0.127. The van der Waals surface area contributed by atoms with Crippen LogP contribution in [0.15, 0.2) is 36.6 Å². The maximum Gasteiger partial charge on any atom is 0.228 e. The quantitative estimate of drug-likeness (QED) is 0.523. The Kier molecular flexibility index (Phi) is 6.38. The molecule has 0 saturated carbocycles. The molecule has 0 amide bonds. The van der Waals surface area contributed by atoms with Crippen LogP contribution in [0.2, 0.25) is 0 Å². The summed E-state index contributed by atoms with van der Waals surface area (Å²) in [5.74, 6) is 1.23. The van der Waals surface area contributed by atoms with Crippen LogP contribution >= 0.6 is 0 Å². The largest absolute Gasteiger partial charge is 0.471 e. The van der Waals surface area contributed by atoms with E-state index in [2.05, 4.69) is 33.8 Å². The van der Waals surface area contributed by atoms with Gasteiger partial charge in [0.25, 0.3) is 0 Å². The molecule has 160 valence electrons. The van der Waals surface area contributed by atoms with Crippen molar-refractivity contribution in [1.29, 1.82) is 0 Å². The van der Waals surface area contributed by atoms with Crippen molar-refractivity contribution in [2.45, 2.75) is 63.9 Å². The fourth-order valence-corrected chi connectivity index (χ4v) is 3.99. The normalized spacial score (nSPS) is 24.9. The molecule has 1 aromatic heterocycles. The third-order valence-electron chi connectivity index (χ3n) is 5.73. The van der Waals surface area contributed by atoms with Crippen LogP contribution in [-0.2, 0) is 14.3 Å². The monoisotopic (exact) mass is 410 g/mol. The van der Waals surface area contributed by atoms with Crippen molar-refractivity contribution in [3.63, 3.8) is 0 Å². The third-order valence-corrected chi connectivity index (χ3v) is 5.73. The molecule has 0 bridgehead atoms. The average Bonchev–Trinajstić information content (AvgIpc) is 3.45. The highest BCUT2D eigenvalue weighted by Crippen LogP contribution is 2.25. The number of hydrogen-bond acceptors (Lipinski definition) is 7. The van der Waals surface area contributed by atoms with E-state index in [1.165, 1.54) is 6.26 Å². The topological polar surface area (TPSA) is 98.5 Å². The molecule has 1 aliphatic carbocycles. The lowest BCUT2D eigenvalue weighted by Gasteiger charge is -2.22. The van der Waals surface area contributed by atoms with Crippen LogP contribution in [0.5, 0.6) is 0 Å². The van der Waals surface area contributed by atoms with E-state index in [9.17, 15) is 4.79 Å². The number of fused-ring (bicyclic) bond motifs is 1. The van der Waals surface area contributed by atoms with Gasteiger partial charge < -0.3 is 25.8 Å². The van der Waals surface area contributed by atoms with Crippen LogP contribution in [0.3, 0.4) is 0 Å². The van der Waals surface area contributed by atoms with Gasteiger partial charge in [-0.25, -0.2) is 0 Å². The number of aromatic nitrogens is 1. The summed E-state index contributed by atoms with van der Waals surface area (Å²) in [6.45, 7) is 2.01. The number of nitrogens with two attached hydrogens (primary N) is 1. The highest BCUT2D eigenvalue weighted by Gasteiger charge is 2.28. The summed E-state index contributed by atoms with van der Waals surface area (Å²) in [4.78, 5) is 16.5. The second kappa shape index (κ2) is 9.34. The second-order valence-corrected chi connectivity index (χ2v) is 8.11. The molecular weight excluding hydrogens is 380 g/mol. The van der Waals surface area contributed by atoms with Crippen LogP contribution in [0.4, 0.5) is 0 Å². The van der Waals surface area contributed by atoms with Crippen molar-refractivity contribution < 1.29 is 14.3 Å². The average molecular weight is 411 g/mol. The molecule has 0 aromatic carbocycles. The smallest absolute Gasteiger partial charge is 0.228 e. The van der Waals surface area contributed by atoms with Crippen LogP contribution in [0, 0.1) is 12.8 Å². The molecule has 0 spiro atoms. The molecule has 0 saturated heterocycles. The number of carbonyl (C=O) groups excluding carboxylic acids is 1. The number of hydrogen-bond donors (Lipinski definition) is 3. The first kappa shape index (κ1) is 20.5. The van der Waals surface area contributed by atoms with Gasteiger partial charge in [0.05, 0.1) is 11.4 Å². The summed E-state index contributed by atoms with van der Waals surface area (Å²) in [5.41, 5.74) is 7.38. The molecule has 0 fully saturated rings. The molecule has 4 N–H and O–H groups in total. The summed E-state index contributed by atoms with van der Waals surface area (Å²) in [7, 11) is 0. The minimum absolute atomic E-state index is 0.0893. The Labute approximate surface area is 176 Å². The maximum absolute atomic E-state index is 11.9. The van der Waals surface area contributed by atoms with E-state index in [4.69, 9.17) is 15.2 Å². The van der Waals surface area contributed by atoms with Crippen LogP contribution in [0.25, 0.3) is 12.2 Å². The summed E-state index contributed by atoms with van der Waals surface area (Å²) in [5, 5.41) is 8.37. The molecule has 4 atom stereocenters. The van der Waals surface area contributed by atoms with Crippen LogP contribution in [0.1, 0.15) is 44.2 Å². The van der Waals surface area contributed by atoms with Gasteiger partial charge in [-0.15, -0.1) is 0 Å². The fraction of sp³-hybridized carbons (Fsp3) is 0.478. The summed E-state index contributed by atoms with van der Waals surface area (Å²) < 4.78 is 11.3. The zero-order valence-corrected chi connectivity index (χ0v) is 17.3. The molecule has 3 aliphatic rings.